The Hall–Kier alpha value is -1.56. The van der Waals surface area contributed by atoms with Crippen LogP contribution in [-0.2, 0) is 13.0 Å². The number of rotatable bonds is 8. The molecule has 0 bridgehead atoms. The minimum atomic E-state index is 0. The molecule has 2 N–H and O–H groups in total. The van der Waals surface area contributed by atoms with Gasteiger partial charge in [0.1, 0.15) is 0 Å². The Morgan fingerprint density at radius 2 is 1.67 bits per heavy atom. The number of H-pyrrole nitrogens is 1. The molecule has 3 aromatic rings. The molecule has 1 heterocycles. The first-order valence-corrected chi connectivity index (χ1v) is 9.98. The van der Waals surface area contributed by atoms with Crippen LogP contribution in [0.4, 0.5) is 0 Å². The summed E-state index contributed by atoms with van der Waals surface area (Å²) in [7, 11) is 0. The van der Waals surface area contributed by atoms with Crippen LogP contribution >= 0.6 is 37.2 Å². The number of nitrogens with one attached hydrogen (secondary N) is 2. The SMILES string of the molecule is CCN(CC)CCNCc1ccc(-c2n[nH]c3c2Cc2ccccc2-3)cc1.Cl.Cl.Cl. The molecular formula is C23H31Cl3N4. The zero-order valence-electron chi connectivity index (χ0n) is 17.5. The van der Waals surface area contributed by atoms with E-state index in [4.69, 9.17) is 0 Å². The van der Waals surface area contributed by atoms with E-state index < -0.39 is 0 Å². The molecule has 0 saturated heterocycles. The molecule has 0 spiro atoms. The second-order valence-electron chi connectivity index (χ2n) is 7.16. The van der Waals surface area contributed by atoms with E-state index >= 15 is 0 Å². The van der Waals surface area contributed by atoms with Gasteiger partial charge in [0.25, 0.3) is 0 Å². The third-order valence-corrected chi connectivity index (χ3v) is 5.58. The van der Waals surface area contributed by atoms with Gasteiger partial charge < -0.3 is 10.2 Å². The van der Waals surface area contributed by atoms with E-state index in [0.29, 0.717) is 0 Å². The predicted molar refractivity (Wildman–Crippen MR) is 134 cm³/mol. The molecular weight excluding hydrogens is 439 g/mol. The molecule has 4 nitrogen and oxygen atoms in total. The average Bonchev–Trinajstić information content (AvgIpc) is 3.28. The van der Waals surface area contributed by atoms with Gasteiger partial charge in [-0.05, 0) is 24.2 Å². The Morgan fingerprint density at radius 1 is 0.967 bits per heavy atom. The molecule has 7 heteroatoms. The second kappa shape index (κ2) is 12.3. The van der Waals surface area contributed by atoms with Crippen molar-refractivity contribution in [2.45, 2.75) is 26.8 Å². The Kier molecular flexibility index (Phi) is 10.9. The summed E-state index contributed by atoms with van der Waals surface area (Å²) < 4.78 is 0. The maximum atomic E-state index is 4.60. The number of hydrogen-bond acceptors (Lipinski definition) is 3. The van der Waals surface area contributed by atoms with E-state index in [1.165, 1.54) is 33.5 Å². The van der Waals surface area contributed by atoms with Gasteiger partial charge in [-0.25, -0.2) is 0 Å². The Labute approximate surface area is 198 Å². The maximum absolute atomic E-state index is 4.60. The highest BCUT2D eigenvalue weighted by molar-refractivity contribution is 5.86. The lowest BCUT2D eigenvalue weighted by atomic mass is 10.0. The van der Waals surface area contributed by atoms with E-state index in [2.05, 4.69) is 82.8 Å². The summed E-state index contributed by atoms with van der Waals surface area (Å²) in [6.07, 6.45) is 0.964. The molecule has 0 fully saturated rings. The summed E-state index contributed by atoms with van der Waals surface area (Å²) in [5.41, 5.74) is 8.77. The lowest BCUT2D eigenvalue weighted by Gasteiger charge is -2.18. The van der Waals surface area contributed by atoms with Crippen LogP contribution in [-0.4, -0.2) is 41.3 Å². The van der Waals surface area contributed by atoms with Crippen LogP contribution < -0.4 is 5.32 Å². The van der Waals surface area contributed by atoms with Crippen LogP contribution in [0.1, 0.15) is 30.5 Å². The molecule has 0 radical (unpaired) electrons. The Balaban J connectivity index is 0.00000150. The van der Waals surface area contributed by atoms with Crippen LogP contribution in [0, 0.1) is 0 Å². The van der Waals surface area contributed by atoms with Crippen molar-refractivity contribution in [3.8, 4) is 22.5 Å². The fourth-order valence-corrected chi connectivity index (χ4v) is 3.90. The minimum absolute atomic E-state index is 0. The third kappa shape index (κ3) is 5.57. The normalized spacial score (nSPS) is 11.2. The number of fused-ring (bicyclic) bond motifs is 3. The van der Waals surface area contributed by atoms with Crippen molar-refractivity contribution in [1.82, 2.24) is 20.4 Å². The lowest BCUT2D eigenvalue weighted by molar-refractivity contribution is 0.302. The van der Waals surface area contributed by atoms with Gasteiger partial charge in [0, 0.05) is 42.7 Å². The van der Waals surface area contributed by atoms with Crippen LogP contribution in [0.25, 0.3) is 22.5 Å². The fourth-order valence-electron chi connectivity index (χ4n) is 3.90. The van der Waals surface area contributed by atoms with Crippen molar-refractivity contribution in [2.24, 2.45) is 0 Å². The van der Waals surface area contributed by atoms with Crippen LogP contribution in [0.3, 0.4) is 0 Å². The molecule has 0 amide bonds. The van der Waals surface area contributed by atoms with Gasteiger partial charge >= 0.3 is 0 Å². The molecule has 30 heavy (non-hydrogen) atoms. The van der Waals surface area contributed by atoms with Crippen LogP contribution in [0.15, 0.2) is 48.5 Å². The highest BCUT2D eigenvalue weighted by Crippen LogP contribution is 2.39. The molecule has 4 rings (SSSR count). The van der Waals surface area contributed by atoms with Gasteiger partial charge in [-0.1, -0.05) is 62.4 Å². The van der Waals surface area contributed by atoms with Crippen molar-refractivity contribution >= 4 is 37.2 Å². The van der Waals surface area contributed by atoms with Crippen LogP contribution in [0.5, 0.6) is 0 Å². The zero-order valence-corrected chi connectivity index (χ0v) is 19.9. The number of nitrogens with zero attached hydrogens (tertiary/aromatic N) is 2. The highest BCUT2D eigenvalue weighted by Gasteiger charge is 2.24. The first-order valence-electron chi connectivity index (χ1n) is 9.98. The number of hydrogen-bond donors (Lipinski definition) is 2. The molecule has 2 aromatic carbocycles. The molecule has 0 atom stereocenters. The summed E-state index contributed by atoms with van der Waals surface area (Å²) in [6, 6.07) is 17.4. The second-order valence-corrected chi connectivity index (χ2v) is 7.16. The molecule has 1 aliphatic carbocycles. The third-order valence-electron chi connectivity index (χ3n) is 5.58. The monoisotopic (exact) mass is 468 g/mol. The number of aromatic amines is 1. The Bertz CT molecular complexity index is 905. The van der Waals surface area contributed by atoms with E-state index in [9.17, 15) is 0 Å². The topological polar surface area (TPSA) is 44.0 Å². The standard InChI is InChI=1S/C23H28N4.3ClH/c1-3-27(4-2)14-13-24-16-17-9-11-18(12-10-17)22-21-15-19-7-5-6-8-20(19)23(21)26-25-22;;;/h5-12,24H,3-4,13-16H2,1-2H3,(H,25,26);3*1H. The van der Waals surface area contributed by atoms with Gasteiger partial charge in [0.2, 0.25) is 0 Å². The van der Waals surface area contributed by atoms with E-state index in [1.807, 2.05) is 0 Å². The van der Waals surface area contributed by atoms with Gasteiger partial charge in [-0.15, -0.1) is 37.2 Å². The van der Waals surface area contributed by atoms with Gasteiger partial charge in [-0.3, -0.25) is 5.10 Å². The molecule has 1 aromatic heterocycles. The fraction of sp³-hybridized carbons (Fsp3) is 0.348. The summed E-state index contributed by atoms with van der Waals surface area (Å²) in [5, 5.41) is 11.4. The van der Waals surface area contributed by atoms with E-state index in [1.54, 1.807) is 0 Å². The van der Waals surface area contributed by atoms with Gasteiger partial charge in [0.05, 0.1) is 11.4 Å². The van der Waals surface area contributed by atoms with E-state index in [-0.39, 0.29) is 37.2 Å². The summed E-state index contributed by atoms with van der Waals surface area (Å²) in [4.78, 5) is 2.44. The molecule has 0 aliphatic heterocycles. The molecule has 164 valence electrons. The minimum Gasteiger partial charge on any atom is -0.311 e. The maximum Gasteiger partial charge on any atom is 0.0962 e. The summed E-state index contributed by atoms with van der Waals surface area (Å²) >= 11 is 0. The summed E-state index contributed by atoms with van der Waals surface area (Å²) in [5.74, 6) is 0. The number of benzene rings is 2. The molecule has 0 unspecified atom stereocenters. The number of aromatic nitrogens is 2. The van der Waals surface area contributed by atoms with Crippen molar-refractivity contribution in [3.05, 3.63) is 65.2 Å². The highest BCUT2D eigenvalue weighted by atomic mass is 35.5. The van der Waals surface area contributed by atoms with Crippen LogP contribution in [0.2, 0.25) is 0 Å². The number of likely N-dealkylation sites (N-methyl/N-ethyl adjacent to an activating group) is 1. The zero-order chi connectivity index (χ0) is 18.6. The largest absolute Gasteiger partial charge is 0.311 e. The number of halogens is 3. The average molecular weight is 470 g/mol. The predicted octanol–water partition coefficient (Wildman–Crippen LogP) is 5.34. The van der Waals surface area contributed by atoms with Crippen molar-refractivity contribution in [3.63, 3.8) is 0 Å². The Morgan fingerprint density at radius 3 is 2.37 bits per heavy atom. The van der Waals surface area contributed by atoms with Gasteiger partial charge in [-0.2, -0.15) is 5.10 Å². The van der Waals surface area contributed by atoms with E-state index in [0.717, 1.165) is 44.8 Å². The first-order chi connectivity index (χ1) is 13.3. The van der Waals surface area contributed by atoms with Gasteiger partial charge in [0.15, 0.2) is 0 Å². The lowest BCUT2D eigenvalue weighted by Crippen LogP contribution is -2.31. The molecule has 1 aliphatic rings. The smallest absolute Gasteiger partial charge is 0.0962 e. The van der Waals surface area contributed by atoms with Crippen molar-refractivity contribution in [1.29, 1.82) is 0 Å². The quantitative estimate of drug-likeness (QED) is 0.342. The van der Waals surface area contributed by atoms with Crippen molar-refractivity contribution in [2.75, 3.05) is 26.2 Å². The summed E-state index contributed by atoms with van der Waals surface area (Å²) in [6.45, 7) is 9.69. The first kappa shape index (κ1) is 26.5. The molecule has 0 saturated carbocycles. The van der Waals surface area contributed by atoms with Crippen molar-refractivity contribution < 1.29 is 0 Å².